The van der Waals surface area contributed by atoms with Crippen molar-refractivity contribution in [2.24, 2.45) is 11.8 Å². The first kappa shape index (κ1) is 13.4. The molecule has 0 bridgehead atoms. The second-order valence-electron chi connectivity index (χ2n) is 5.29. The Balaban J connectivity index is 2.29. The molecule has 0 aliphatic rings. The van der Waals surface area contributed by atoms with Crippen molar-refractivity contribution in [1.29, 1.82) is 0 Å². The SMILES string of the molecule is CC(C)C(C)CNc1cc2nc[nH]c(=O)c2cc1N. The van der Waals surface area contributed by atoms with E-state index in [4.69, 9.17) is 5.73 Å². The van der Waals surface area contributed by atoms with E-state index in [0.29, 0.717) is 28.4 Å². The average molecular weight is 260 g/mol. The van der Waals surface area contributed by atoms with E-state index < -0.39 is 0 Å². The highest BCUT2D eigenvalue weighted by Crippen LogP contribution is 2.23. The van der Waals surface area contributed by atoms with Gasteiger partial charge in [-0.15, -0.1) is 0 Å². The van der Waals surface area contributed by atoms with Crippen molar-refractivity contribution in [1.82, 2.24) is 9.97 Å². The molecule has 0 saturated heterocycles. The minimum atomic E-state index is -0.168. The summed E-state index contributed by atoms with van der Waals surface area (Å²) in [6.45, 7) is 7.42. The fourth-order valence-corrected chi connectivity index (χ4v) is 1.79. The molecule has 1 aromatic carbocycles. The first-order chi connectivity index (χ1) is 8.99. The Morgan fingerprint density at radius 3 is 2.79 bits per heavy atom. The normalized spacial score (nSPS) is 12.8. The molecule has 0 amide bonds. The summed E-state index contributed by atoms with van der Waals surface area (Å²) in [5.41, 5.74) is 7.86. The van der Waals surface area contributed by atoms with Crippen molar-refractivity contribution in [2.75, 3.05) is 17.6 Å². The minimum absolute atomic E-state index is 0.168. The molecule has 0 aliphatic carbocycles. The van der Waals surface area contributed by atoms with Crippen molar-refractivity contribution in [3.8, 4) is 0 Å². The molecule has 0 fully saturated rings. The molecule has 0 radical (unpaired) electrons. The van der Waals surface area contributed by atoms with Crippen molar-refractivity contribution in [2.45, 2.75) is 20.8 Å². The first-order valence-electron chi connectivity index (χ1n) is 6.50. The Morgan fingerprint density at radius 2 is 2.11 bits per heavy atom. The third-order valence-electron chi connectivity index (χ3n) is 3.56. The lowest BCUT2D eigenvalue weighted by atomic mass is 9.98. The predicted octanol–water partition coefficient (Wildman–Crippen LogP) is 2.21. The van der Waals surface area contributed by atoms with Crippen molar-refractivity contribution < 1.29 is 0 Å². The van der Waals surface area contributed by atoms with Gasteiger partial charge in [0, 0.05) is 6.54 Å². The molecular weight excluding hydrogens is 240 g/mol. The molecule has 1 atom stereocenters. The van der Waals surface area contributed by atoms with Crippen LogP contribution in [-0.2, 0) is 0 Å². The van der Waals surface area contributed by atoms with Crippen LogP contribution in [0.1, 0.15) is 20.8 Å². The van der Waals surface area contributed by atoms with Crippen LogP contribution in [0.25, 0.3) is 10.9 Å². The van der Waals surface area contributed by atoms with Crippen LogP contribution < -0.4 is 16.6 Å². The third kappa shape index (κ3) is 2.86. The molecule has 5 nitrogen and oxygen atoms in total. The lowest BCUT2D eigenvalue weighted by molar-refractivity contribution is 0.440. The fraction of sp³-hybridized carbons (Fsp3) is 0.429. The van der Waals surface area contributed by atoms with Gasteiger partial charge in [-0.3, -0.25) is 4.79 Å². The summed E-state index contributed by atoms with van der Waals surface area (Å²) in [7, 11) is 0. The molecule has 102 valence electrons. The minimum Gasteiger partial charge on any atom is -0.397 e. The van der Waals surface area contributed by atoms with Gasteiger partial charge in [0.15, 0.2) is 0 Å². The van der Waals surface area contributed by atoms with Gasteiger partial charge >= 0.3 is 0 Å². The van der Waals surface area contributed by atoms with E-state index in [0.717, 1.165) is 12.2 Å². The van der Waals surface area contributed by atoms with Crippen molar-refractivity contribution >= 4 is 22.3 Å². The summed E-state index contributed by atoms with van der Waals surface area (Å²) in [5.74, 6) is 1.15. The van der Waals surface area contributed by atoms with Crippen LogP contribution in [0.15, 0.2) is 23.3 Å². The summed E-state index contributed by atoms with van der Waals surface area (Å²) in [4.78, 5) is 18.3. The maximum absolute atomic E-state index is 11.6. The summed E-state index contributed by atoms with van der Waals surface area (Å²) >= 11 is 0. The molecular formula is C14H20N4O. The molecule has 0 saturated carbocycles. The highest BCUT2D eigenvalue weighted by Gasteiger charge is 2.09. The van der Waals surface area contributed by atoms with Crippen LogP contribution >= 0.6 is 0 Å². The number of benzene rings is 1. The maximum atomic E-state index is 11.6. The van der Waals surface area contributed by atoms with Gasteiger partial charge in [0.1, 0.15) is 0 Å². The van der Waals surface area contributed by atoms with Crippen LogP contribution in [0.5, 0.6) is 0 Å². The van der Waals surface area contributed by atoms with Gasteiger partial charge < -0.3 is 16.0 Å². The lowest BCUT2D eigenvalue weighted by Gasteiger charge is -2.18. The molecule has 2 rings (SSSR count). The number of hydrogen-bond acceptors (Lipinski definition) is 4. The molecule has 1 heterocycles. The number of H-pyrrole nitrogens is 1. The lowest BCUT2D eigenvalue weighted by Crippen LogP contribution is -2.17. The van der Waals surface area contributed by atoms with Gasteiger partial charge in [-0.2, -0.15) is 0 Å². The molecule has 19 heavy (non-hydrogen) atoms. The summed E-state index contributed by atoms with van der Waals surface area (Å²) < 4.78 is 0. The number of nitrogen functional groups attached to an aromatic ring is 1. The monoisotopic (exact) mass is 260 g/mol. The molecule has 5 heteroatoms. The number of anilines is 2. The summed E-state index contributed by atoms with van der Waals surface area (Å²) in [6.07, 6.45) is 1.40. The second kappa shape index (κ2) is 5.30. The van der Waals surface area contributed by atoms with Crippen molar-refractivity contribution in [3.63, 3.8) is 0 Å². The van der Waals surface area contributed by atoms with E-state index >= 15 is 0 Å². The van der Waals surface area contributed by atoms with E-state index in [2.05, 4.69) is 36.1 Å². The smallest absolute Gasteiger partial charge is 0.258 e. The molecule has 0 spiro atoms. The zero-order chi connectivity index (χ0) is 14.0. The van der Waals surface area contributed by atoms with Crippen LogP contribution in [0.2, 0.25) is 0 Å². The number of fused-ring (bicyclic) bond motifs is 1. The van der Waals surface area contributed by atoms with Crippen LogP contribution in [-0.4, -0.2) is 16.5 Å². The van der Waals surface area contributed by atoms with Gasteiger partial charge in [-0.25, -0.2) is 4.98 Å². The maximum Gasteiger partial charge on any atom is 0.258 e. The van der Waals surface area contributed by atoms with E-state index in [9.17, 15) is 4.79 Å². The first-order valence-corrected chi connectivity index (χ1v) is 6.50. The molecule has 1 unspecified atom stereocenters. The molecule has 2 aromatic rings. The Labute approximate surface area is 112 Å². The predicted molar refractivity (Wildman–Crippen MR) is 79.3 cm³/mol. The highest BCUT2D eigenvalue weighted by molar-refractivity contribution is 5.88. The Kier molecular flexibility index (Phi) is 3.74. The molecule has 4 N–H and O–H groups in total. The topological polar surface area (TPSA) is 83.8 Å². The zero-order valence-corrected chi connectivity index (χ0v) is 11.5. The Bertz CT molecular complexity index is 633. The average Bonchev–Trinajstić information content (AvgIpc) is 2.37. The van der Waals surface area contributed by atoms with E-state index in [1.165, 1.54) is 6.33 Å². The quantitative estimate of drug-likeness (QED) is 0.736. The number of nitrogens with zero attached hydrogens (tertiary/aromatic N) is 1. The standard InChI is InChI=1S/C14H20N4O/c1-8(2)9(3)6-16-13-5-12-10(4-11(13)15)14(19)18-7-17-12/h4-5,7-9,16H,6,15H2,1-3H3,(H,17,18,19). The zero-order valence-electron chi connectivity index (χ0n) is 11.5. The second-order valence-corrected chi connectivity index (χ2v) is 5.29. The van der Waals surface area contributed by atoms with Gasteiger partial charge in [0.25, 0.3) is 5.56 Å². The number of aromatic nitrogens is 2. The van der Waals surface area contributed by atoms with Gasteiger partial charge in [0.05, 0.1) is 28.6 Å². The van der Waals surface area contributed by atoms with Crippen LogP contribution in [0, 0.1) is 11.8 Å². The summed E-state index contributed by atoms with van der Waals surface area (Å²) in [6, 6.07) is 3.50. The number of nitrogens with one attached hydrogen (secondary N) is 2. The largest absolute Gasteiger partial charge is 0.397 e. The van der Waals surface area contributed by atoms with E-state index in [1.54, 1.807) is 6.07 Å². The third-order valence-corrected chi connectivity index (χ3v) is 3.56. The van der Waals surface area contributed by atoms with Crippen LogP contribution in [0.3, 0.4) is 0 Å². The van der Waals surface area contributed by atoms with Gasteiger partial charge in [0.2, 0.25) is 0 Å². The van der Waals surface area contributed by atoms with Crippen molar-refractivity contribution in [3.05, 3.63) is 28.8 Å². The molecule has 1 aromatic heterocycles. The number of rotatable bonds is 4. The van der Waals surface area contributed by atoms with E-state index in [-0.39, 0.29) is 5.56 Å². The summed E-state index contributed by atoms with van der Waals surface area (Å²) in [5, 5.41) is 3.84. The number of nitrogens with two attached hydrogens (primary N) is 1. The highest BCUT2D eigenvalue weighted by atomic mass is 16.1. The fourth-order valence-electron chi connectivity index (χ4n) is 1.79. The number of hydrogen-bond donors (Lipinski definition) is 3. The van der Waals surface area contributed by atoms with Crippen LogP contribution in [0.4, 0.5) is 11.4 Å². The van der Waals surface area contributed by atoms with Gasteiger partial charge in [-0.05, 0) is 24.0 Å². The van der Waals surface area contributed by atoms with Gasteiger partial charge in [-0.1, -0.05) is 20.8 Å². The molecule has 0 aliphatic heterocycles. The Hall–Kier alpha value is -2.04. The number of aromatic amines is 1. The van der Waals surface area contributed by atoms with E-state index in [1.807, 2.05) is 6.07 Å². The Morgan fingerprint density at radius 1 is 1.37 bits per heavy atom.